The molecule has 0 fully saturated rings. The van der Waals surface area contributed by atoms with Gasteiger partial charge in [-0.25, -0.2) is 0 Å². The van der Waals surface area contributed by atoms with Crippen LogP contribution in [0.4, 0.5) is 11.4 Å². The normalized spacial score (nSPS) is 21.1. The van der Waals surface area contributed by atoms with E-state index in [1.807, 2.05) is 60.7 Å². The van der Waals surface area contributed by atoms with Crippen LogP contribution in [-0.2, 0) is 9.47 Å². The zero-order valence-corrected chi connectivity index (χ0v) is 21.7. The summed E-state index contributed by atoms with van der Waals surface area (Å²) in [6.45, 7) is 0. The summed E-state index contributed by atoms with van der Waals surface area (Å²) in [5.41, 5.74) is 6.54. The molecule has 6 heteroatoms. The number of anilines is 2. The number of para-hydroxylation sites is 2. The Bertz CT molecular complexity index is 1320. The number of rotatable bonds is 4. The first-order valence-corrected chi connectivity index (χ1v) is 13.2. The Kier molecular flexibility index (Phi) is 6.60. The van der Waals surface area contributed by atoms with Gasteiger partial charge in [0, 0.05) is 23.2 Å². The minimum atomic E-state index is -0.201. The van der Waals surface area contributed by atoms with E-state index < -0.39 is 0 Å². The van der Waals surface area contributed by atoms with E-state index >= 15 is 0 Å². The van der Waals surface area contributed by atoms with Crippen LogP contribution in [0.3, 0.4) is 0 Å². The van der Waals surface area contributed by atoms with Gasteiger partial charge in [-0.2, -0.15) is 0 Å². The standard InChI is InChI=1S/C31H26N2O2S2/c36-30(32-20-11-3-1-4-12-20)34-28-24-17-9-7-15-22(24)27-19-26(28)23-16-8-10-18-25(23)29(27)35-31(37)33-21-13-5-2-6-14-21/h1-18,26-29H,19H2,(H,32,36)(H,33,37)/t26-,27-,28-,29-/m0/s1. The fraction of sp³-hybridized carbons (Fsp3) is 0.161. The van der Waals surface area contributed by atoms with Gasteiger partial charge in [-0.05, 0) is 77.4 Å². The van der Waals surface area contributed by atoms with Gasteiger partial charge in [0.25, 0.3) is 10.3 Å². The third-order valence-corrected chi connectivity index (χ3v) is 7.55. The maximum atomic E-state index is 6.50. The van der Waals surface area contributed by atoms with Crippen molar-refractivity contribution in [1.82, 2.24) is 0 Å². The minimum absolute atomic E-state index is 0.141. The molecule has 0 heterocycles. The number of thiocarbonyl (C=S) groups is 2. The second-order valence-corrected chi connectivity index (χ2v) is 10.1. The lowest BCUT2D eigenvalue weighted by atomic mass is 9.64. The quantitative estimate of drug-likeness (QED) is 0.266. The predicted molar refractivity (Wildman–Crippen MR) is 156 cm³/mol. The fourth-order valence-electron chi connectivity index (χ4n) is 5.61. The number of hydrogen-bond acceptors (Lipinski definition) is 4. The first-order valence-electron chi connectivity index (χ1n) is 12.4. The second-order valence-electron chi connectivity index (χ2n) is 9.34. The Morgan fingerprint density at radius 1 is 0.514 bits per heavy atom. The van der Waals surface area contributed by atoms with Crippen molar-refractivity contribution in [2.75, 3.05) is 10.6 Å². The number of nitrogens with one attached hydrogen (secondary N) is 2. The monoisotopic (exact) mass is 522 g/mol. The maximum absolute atomic E-state index is 6.50. The van der Waals surface area contributed by atoms with Gasteiger partial charge in [0.05, 0.1) is 0 Å². The Morgan fingerprint density at radius 2 is 0.865 bits per heavy atom. The molecule has 2 bridgehead atoms. The average molecular weight is 523 g/mol. The first-order chi connectivity index (χ1) is 18.2. The summed E-state index contributed by atoms with van der Waals surface area (Å²) >= 11 is 11.3. The lowest BCUT2D eigenvalue weighted by Crippen LogP contribution is -2.36. The lowest BCUT2D eigenvalue weighted by Gasteiger charge is -2.46. The van der Waals surface area contributed by atoms with Crippen molar-refractivity contribution in [2.24, 2.45) is 0 Å². The molecule has 4 aromatic carbocycles. The molecule has 0 aromatic heterocycles. The molecule has 6 rings (SSSR count). The van der Waals surface area contributed by atoms with Gasteiger partial charge < -0.3 is 20.1 Å². The van der Waals surface area contributed by atoms with Crippen LogP contribution in [-0.4, -0.2) is 10.3 Å². The molecule has 184 valence electrons. The van der Waals surface area contributed by atoms with Gasteiger partial charge in [0.15, 0.2) is 0 Å². The highest BCUT2D eigenvalue weighted by molar-refractivity contribution is 7.80. The predicted octanol–water partition coefficient (Wildman–Crippen LogP) is 7.88. The highest BCUT2D eigenvalue weighted by Crippen LogP contribution is 2.58. The van der Waals surface area contributed by atoms with Gasteiger partial charge in [0.2, 0.25) is 0 Å². The summed E-state index contributed by atoms with van der Waals surface area (Å²) in [6.07, 6.45) is 0.478. The minimum Gasteiger partial charge on any atom is -0.462 e. The van der Waals surface area contributed by atoms with Crippen LogP contribution in [0.15, 0.2) is 109 Å². The van der Waals surface area contributed by atoms with E-state index in [1.54, 1.807) is 0 Å². The van der Waals surface area contributed by atoms with Crippen LogP contribution in [0, 0.1) is 0 Å². The number of benzene rings is 4. The van der Waals surface area contributed by atoms with E-state index in [2.05, 4.69) is 59.2 Å². The SMILES string of the molecule is S=C(Nc1ccccc1)O[C@H]1c2ccccc2[C@@H]2C[C@H]1c1ccccc1[C@@H]2OC(=S)Nc1ccccc1. The summed E-state index contributed by atoms with van der Waals surface area (Å²) in [5, 5.41) is 7.21. The summed E-state index contributed by atoms with van der Waals surface area (Å²) in [4.78, 5) is 0. The largest absolute Gasteiger partial charge is 0.462 e. The zero-order chi connectivity index (χ0) is 25.2. The van der Waals surface area contributed by atoms with Crippen molar-refractivity contribution in [3.05, 3.63) is 131 Å². The lowest BCUT2D eigenvalue weighted by molar-refractivity contribution is 0.0846. The molecule has 4 aromatic rings. The number of fused-ring (bicyclic) bond motifs is 6. The summed E-state index contributed by atoms with van der Waals surface area (Å²) < 4.78 is 13.0. The number of ether oxygens (including phenoxy) is 2. The van der Waals surface area contributed by atoms with E-state index in [0.717, 1.165) is 28.9 Å². The second kappa shape index (κ2) is 10.3. The Morgan fingerprint density at radius 3 is 1.27 bits per heavy atom. The molecule has 0 amide bonds. The van der Waals surface area contributed by atoms with Gasteiger partial charge in [-0.15, -0.1) is 0 Å². The van der Waals surface area contributed by atoms with Crippen molar-refractivity contribution in [1.29, 1.82) is 0 Å². The third-order valence-electron chi connectivity index (χ3n) is 7.15. The van der Waals surface area contributed by atoms with Crippen LogP contribution in [0.25, 0.3) is 0 Å². The van der Waals surface area contributed by atoms with Crippen LogP contribution in [0.2, 0.25) is 0 Å². The molecule has 0 saturated carbocycles. The Hall–Kier alpha value is -3.74. The number of hydrogen-bond donors (Lipinski definition) is 2. The molecule has 0 saturated heterocycles. The van der Waals surface area contributed by atoms with E-state index in [9.17, 15) is 0 Å². The summed E-state index contributed by atoms with van der Waals surface area (Å²) in [5.74, 6) is 0.282. The topological polar surface area (TPSA) is 42.5 Å². The Balaban J connectivity index is 1.32. The van der Waals surface area contributed by atoms with E-state index in [-0.39, 0.29) is 24.0 Å². The van der Waals surface area contributed by atoms with Gasteiger partial charge in [0.1, 0.15) is 12.2 Å². The molecular weight excluding hydrogens is 496 g/mol. The molecule has 0 spiro atoms. The molecule has 2 aliphatic carbocycles. The van der Waals surface area contributed by atoms with Crippen LogP contribution in [0.1, 0.15) is 52.7 Å². The van der Waals surface area contributed by atoms with E-state index in [1.165, 1.54) is 11.1 Å². The Labute approximate surface area is 227 Å². The van der Waals surface area contributed by atoms with Gasteiger partial charge >= 0.3 is 0 Å². The molecule has 37 heavy (non-hydrogen) atoms. The van der Waals surface area contributed by atoms with Crippen LogP contribution < -0.4 is 10.6 Å². The molecular formula is C31H26N2O2S2. The zero-order valence-electron chi connectivity index (χ0n) is 20.0. The van der Waals surface area contributed by atoms with Crippen LogP contribution >= 0.6 is 24.4 Å². The van der Waals surface area contributed by atoms with E-state index in [0.29, 0.717) is 10.3 Å². The maximum Gasteiger partial charge on any atom is 0.261 e. The average Bonchev–Trinajstić information content (AvgIpc) is 2.93. The smallest absolute Gasteiger partial charge is 0.261 e. The summed E-state index contributed by atoms with van der Waals surface area (Å²) in [7, 11) is 0. The van der Waals surface area contributed by atoms with Crippen LogP contribution in [0.5, 0.6) is 0 Å². The van der Waals surface area contributed by atoms with Gasteiger partial charge in [-0.3, -0.25) is 0 Å². The van der Waals surface area contributed by atoms with Crippen molar-refractivity contribution in [3.8, 4) is 0 Å². The summed E-state index contributed by atoms with van der Waals surface area (Å²) in [6, 6.07) is 36.7. The van der Waals surface area contributed by atoms with Gasteiger partial charge in [-0.1, -0.05) is 84.9 Å². The first kappa shape index (κ1) is 23.6. The van der Waals surface area contributed by atoms with Crippen molar-refractivity contribution < 1.29 is 9.47 Å². The van der Waals surface area contributed by atoms with E-state index in [4.69, 9.17) is 33.9 Å². The highest BCUT2D eigenvalue weighted by Gasteiger charge is 2.47. The molecule has 4 nitrogen and oxygen atoms in total. The van der Waals surface area contributed by atoms with Crippen molar-refractivity contribution in [3.63, 3.8) is 0 Å². The molecule has 4 atom stereocenters. The molecule has 0 radical (unpaired) electrons. The van der Waals surface area contributed by atoms with Crippen molar-refractivity contribution >= 4 is 46.2 Å². The van der Waals surface area contributed by atoms with Crippen molar-refractivity contribution in [2.45, 2.75) is 30.5 Å². The third kappa shape index (κ3) is 4.82. The molecule has 0 aliphatic heterocycles. The fourth-order valence-corrected chi connectivity index (χ4v) is 6.05. The molecule has 2 aliphatic rings. The molecule has 0 unspecified atom stereocenters. The molecule has 2 N–H and O–H groups in total. The highest BCUT2D eigenvalue weighted by atomic mass is 32.1.